The summed E-state index contributed by atoms with van der Waals surface area (Å²) in [4.78, 5) is 29.0. The highest BCUT2D eigenvalue weighted by molar-refractivity contribution is 5.99. The summed E-state index contributed by atoms with van der Waals surface area (Å²) < 4.78 is 0. The van der Waals surface area contributed by atoms with Crippen LogP contribution in [0, 0.1) is 0 Å². The molecule has 0 spiro atoms. The van der Waals surface area contributed by atoms with Gasteiger partial charge in [-0.3, -0.25) is 9.79 Å². The summed E-state index contributed by atoms with van der Waals surface area (Å²) in [5.41, 5.74) is 11.1. The number of carbonyl (C=O) groups is 2. The molecule has 2 atom stereocenters. The van der Waals surface area contributed by atoms with Crippen LogP contribution in [0.15, 0.2) is 70.4 Å². The SMILES string of the molecule is C=C(CC/C1=C/CC2=C(C=CC1)C(CC(C)NCC=O)(C(=NC)NN(C)C(C)C)c1ccc(C(=O)NC)cc1CC2)NC. The third kappa shape index (κ3) is 8.12. The highest BCUT2D eigenvalue weighted by Crippen LogP contribution is 2.47. The molecule has 8 heteroatoms. The van der Waals surface area contributed by atoms with E-state index < -0.39 is 5.41 Å². The summed E-state index contributed by atoms with van der Waals surface area (Å²) in [6.07, 6.45) is 13.9. The van der Waals surface area contributed by atoms with E-state index in [2.05, 4.69) is 84.1 Å². The number of nitrogens with zero attached hydrogens (tertiary/aromatic N) is 2. The second-order valence-electron chi connectivity index (χ2n) is 12.0. The number of aryl methyl sites for hydroxylation is 1. The van der Waals surface area contributed by atoms with Crippen molar-refractivity contribution >= 4 is 18.0 Å². The van der Waals surface area contributed by atoms with E-state index in [1.807, 2.05) is 27.2 Å². The second kappa shape index (κ2) is 15.8. The number of rotatable bonds is 13. The van der Waals surface area contributed by atoms with Crippen molar-refractivity contribution in [1.82, 2.24) is 26.4 Å². The maximum atomic E-state index is 12.7. The minimum absolute atomic E-state index is 0.00363. The molecule has 2 unspecified atom stereocenters. The van der Waals surface area contributed by atoms with Gasteiger partial charge in [-0.15, -0.1) is 0 Å². The Balaban J connectivity index is 2.29. The Morgan fingerprint density at radius 2 is 1.93 bits per heavy atom. The van der Waals surface area contributed by atoms with E-state index in [-0.39, 0.29) is 24.5 Å². The van der Waals surface area contributed by atoms with Gasteiger partial charge < -0.3 is 26.2 Å². The monoisotopic (exact) mass is 588 g/mol. The van der Waals surface area contributed by atoms with Crippen LogP contribution in [0.2, 0.25) is 0 Å². The molecular weight excluding hydrogens is 536 g/mol. The number of nitrogens with one attached hydrogen (secondary N) is 4. The van der Waals surface area contributed by atoms with E-state index in [0.29, 0.717) is 12.0 Å². The molecule has 0 radical (unpaired) electrons. The van der Waals surface area contributed by atoms with E-state index in [9.17, 15) is 9.59 Å². The van der Waals surface area contributed by atoms with Gasteiger partial charge in [0.1, 0.15) is 12.1 Å². The van der Waals surface area contributed by atoms with Gasteiger partial charge in [-0.25, -0.2) is 5.01 Å². The van der Waals surface area contributed by atoms with Crippen LogP contribution in [0.25, 0.3) is 0 Å². The standard InChI is InChI=1S/C35H52N6O2/c1-24(2)41(8)40-34(38-7)35(23-26(4)39-20-21-42)31-11-9-10-27(13-12-25(3)36-5)14-15-28(31)16-17-29-22-30(33(43)37-6)18-19-32(29)35/h9,11,14,18-19,21-22,24,26,36,39H,3,10,12-13,15-17,20,23H2,1-2,4-8H3,(H,37,43)(H,38,40)/b11-9?,27-14+. The maximum absolute atomic E-state index is 12.7. The van der Waals surface area contributed by atoms with Gasteiger partial charge in [0.2, 0.25) is 0 Å². The van der Waals surface area contributed by atoms with E-state index in [4.69, 9.17) is 4.99 Å². The molecule has 8 nitrogen and oxygen atoms in total. The van der Waals surface area contributed by atoms with Crippen LogP contribution < -0.4 is 21.4 Å². The highest BCUT2D eigenvalue weighted by Gasteiger charge is 2.46. The first kappa shape index (κ1) is 34.0. The molecule has 234 valence electrons. The normalized spacial score (nSPS) is 20.7. The molecule has 0 saturated heterocycles. The van der Waals surface area contributed by atoms with Crippen molar-refractivity contribution in [1.29, 1.82) is 0 Å². The second-order valence-corrected chi connectivity index (χ2v) is 12.0. The molecule has 0 aromatic heterocycles. The van der Waals surface area contributed by atoms with Gasteiger partial charge in [0, 0.05) is 51.5 Å². The first-order chi connectivity index (χ1) is 20.6. The Hall–Kier alpha value is -3.49. The van der Waals surface area contributed by atoms with Gasteiger partial charge in [0.15, 0.2) is 0 Å². The number of benzene rings is 1. The Labute approximate surface area is 258 Å². The van der Waals surface area contributed by atoms with Crippen molar-refractivity contribution in [3.8, 4) is 0 Å². The van der Waals surface area contributed by atoms with Crippen molar-refractivity contribution in [3.63, 3.8) is 0 Å². The smallest absolute Gasteiger partial charge is 0.251 e. The molecule has 3 rings (SSSR count). The van der Waals surface area contributed by atoms with Gasteiger partial charge in [-0.05, 0) is 94.5 Å². The minimum atomic E-state index is -0.641. The third-order valence-electron chi connectivity index (χ3n) is 8.84. The predicted octanol–water partition coefficient (Wildman–Crippen LogP) is 4.76. The molecule has 0 saturated carbocycles. The Morgan fingerprint density at radius 3 is 2.58 bits per heavy atom. The fourth-order valence-electron chi connectivity index (χ4n) is 6.15. The number of allylic oxidation sites excluding steroid dienone is 6. The molecule has 1 aromatic rings. The molecule has 1 amide bonds. The molecule has 1 aromatic carbocycles. The lowest BCUT2D eigenvalue weighted by Gasteiger charge is -2.42. The van der Waals surface area contributed by atoms with Crippen LogP contribution in [0.4, 0.5) is 0 Å². The number of amides is 1. The van der Waals surface area contributed by atoms with Crippen molar-refractivity contribution in [2.75, 3.05) is 34.7 Å². The summed E-state index contributed by atoms with van der Waals surface area (Å²) in [5.74, 6) is 0.759. The maximum Gasteiger partial charge on any atom is 0.251 e. The van der Waals surface area contributed by atoms with Crippen LogP contribution in [-0.2, 0) is 16.6 Å². The number of amidine groups is 1. The Morgan fingerprint density at radius 1 is 1.16 bits per heavy atom. The lowest BCUT2D eigenvalue weighted by Crippen LogP contribution is -2.55. The number of hydrogen-bond acceptors (Lipinski definition) is 6. The molecular formula is C35H52N6O2. The van der Waals surface area contributed by atoms with E-state index in [0.717, 1.165) is 67.5 Å². The van der Waals surface area contributed by atoms with Crippen LogP contribution >= 0.6 is 0 Å². The van der Waals surface area contributed by atoms with E-state index >= 15 is 0 Å². The fraction of sp³-hybridized carbons (Fsp3) is 0.514. The summed E-state index contributed by atoms with van der Waals surface area (Å²) >= 11 is 0. The largest absolute Gasteiger partial charge is 0.392 e. The van der Waals surface area contributed by atoms with Gasteiger partial charge in [0.25, 0.3) is 5.91 Å². The highest BCUT2D eigenvalue weighted by atomic mass is 16.1. The molecule has 2 aliphatic carbocycles. The average Bonchev–Trinajstić information content (AvgIpc) is 3.11. The van der Waals surface area contributed by atoms with Crippen molar-refractivity contribution in [2.24, 2.45) is 4.99 Å². The van der Waals surface area contributed by atoms with Gasteiger partial charge in [-0.2, -0.15) is 0 Å². The van der Waals surface area contributed by atoms with Crippen LogP contribution in [-0.4, -0.2) is 69.9 Å². The van der Waals surface area contributed by atoms with Crippen LogP contribution in [0.5, 0.6) is 0 Å². The van der Waals surface area contributed by atoms with Gasteiger partial charge >= 0.3 is 0 Å². The topological polar surface area (TPSA) is 97.9 Å². The molecule has 0 aliphatic heterocycles. The molecule has 0 fully saturated rings. The average molecular weight is 589 g/mol. The first-order valence-electron chi connectivity index (χ1n) is 15.5. The van der Waals surface area contributed by atoms with Gasteiger partial charge in [0.05, 0.1) is 12.0 Å². The lowest BCUT2D eigenvalue weighted by atomic mass is 9.66. The molecule has 43 heavy (non-hydrogen) atoms. The number of aliphatic imine (C=N–C) groups is 1. The summed E-state index contributed by atoms with van der Waals surface area (Å²) in [6.45, 7) is 10.8. The van der Waals surface area contributed by atoms with Crippen molar-refractivity contribution < 1.29 is 9.59 Å². The van der Waals surface area contributed by atoms with Crippen molar-refractivity contribution in [3.05, 3.63) is 82.1 Å². The Kier molecular flexibility index (Phi) is 12.5. The summed E-state index contributed by atoms with van der Waals surface area (Å²) in [5, 5.41) is 11.5. The quantitative estimate of drug-likeness (QED) is 0.0873. The third-order valence-corrected chi connectivity index (χ3v) is 8.84. The number of fused-ring (bicyclic) bond motifs is 1. The lowest BCUT2D eigenvalue weighted by molar-refractivity contribution is -0.107. The zero-order valence-electron chi connectivity index (χ0n) is 27.3. The first-order valence-corrected chi connectivity index (χ1v) is 15.5. The zero-order chi connectivity index (χ0) is 31.6. The predicted molar refractivity (Wildman–Crippen MR) is 178 cm³/mol. The molecule has 4 N–H and O–H groups in total. The Bertz CT molecular complexity index is 1290. The fourth-order valence-corrected chi connectivity index (χ4v) is 6.15. The molecule has 0 bridgehead atoms. The summed E-state index contributed by atoms with van der Waals surface area (Å²) in [6, 6.07) is 6.35. The summed E-state index contributed by atoms with van der Waals surface area (Å²) in [7, 11) is 7.48. The number of hydrazine groups is 1. The van der Waals surface area contributed by atoms with Gasteiger partial charge in [-0.1, -0.05) is 42.0 Å². The van der Waals surface area contributed by atoms with E-state index in [1.165, 1.54) is 16.7 Å². The minimum Gasteiger partial charge on any atom is -0.392 e. The number of hydrogen-bond donors (Lipinski definition) is 4. The number of carbonyl (C=O) groups excluding carboxylic acids is 2. The zero-order valence-corrected chi connectivity index (χ0v) is 27.3. The molecule has 2 aliphatic rings. The van der Waals surface area contributed by atoms with E-state index in [1.54, 1.807) is 7.05 Å². The van der Waals surface area contributed by atoms with Crippen LogP contribution in [0.1, 0.15) is 80.8 Å². The van der Waals surface area contributed by atoms with Crippen LogP contribution in [0.3, 0.4) is 0 Å². The van der Waals surface area contributed by atoms with Crippen molar-refractivity contribution in [2.45, 2.75) is 83.2 Å². The molecule has 0 heterocycles. The number of aldehydes is 1.